The molecule has 1 aromatic rings. The van der Waals surface area contributed by atoms with E-state index in [4.69, 9.17) is 5.73 Å². The first-order chi connectivity index (χ1) is 6.22. The molecule has 2 rings (SSSR count). The van der Waals surface area contributed by atoms with Crippen molar-refractivity contribution in [2.45, 2.75) is 32.9 Å². The lowest BCUT2D eigenvalue weighted by Gasteiger charge is -2.06. The summed E-state index contributed by atoms with van der Waals surface area (Å²) in [6.07, 6.45) is 5.19. The van der Waals surface area contributed by atoms with Crippen molar-refractivity contribution in [1.29, 1.82) is 0 Å². The Morgan fingerprint density at radius 3 is 2.92 bits per heavy atom. The largest absolute Gasteiger partial charge is 0.337 e. The highest BCUT2D eigenvalue weighted by Gasteiger charge is 2.39. The Morgan fingerprint density at radius 2 is 2.46 bits per heavy atom. The number of nitrogens with zero attached hydrogens (tertiary/aromatic N) is 2. The van der Waals surface area contributed by atoms with Gasteiger partial charge in [0.15, 0.2) is 0 Å². The summed E-state index contributed by atoms with van der Waals surface area (Å²) in [4.78, 5) is 4.32. The van der Waals surface area contributed by atoms with Gasteiger partial charge in [-0.3, -0.25) is 0 Å². The average molecular weight is 179 g/mol. The van der Waals surface area contributed by atoms with E-state index in [1.54, 1.807) is 0 Å². The van der Waals surface area contributed by atoms with Crippen LogP contribution in [0.5, 0.6) is 0 Å². The van der Waals surface area contributed by atoms with E-state index in [0.717, 1.165) is 18.2 Å². The Labute approximate surface area is 79.0 Å². The van der Waals surface area contributed by atoms with Gasteiger partial charge in [0.05, 0.1) is 18.1 Å². The predicted octanol–water partition coefficient (Wildman–Crippen LogP) is 1.56. The molecule has 0 spiro atoms. The zero-order chi connectivity index (χ0) is 9.42. The smallest absolute Gasteiger partial charge is 0.0950 e. The van der Waals surface area contributed by atoms with Crippen LogP contribution in [0.25, 0.3) is 0 Å². The van der Waals surface area contributed by atoms with Crippen LogP contribution in [0, 0.1) is 11.8 Å². The summed E-state index contributed by atoms with van der Waals surface area (Å²) in [5.74, 6) is 1.46. The molecule has 1 aliphatic carbocycles. The molecule has 0 aliphatic heterocycles. The molecule has 0 saturated heterocycles. The Hall–Kier alpha value is -0.830. The molecular formula is C10H17N3. The highest BCUT2D eigenvalue weighted by atomic mass is 15.0. The molecule has 3 unspecified atom stereocenters. The van der Waals surface area contributed by atoms with Gasteiger partial charge in [-0.2, -0.15) is 0 Å². The summed E-state index contributed by atoms with van der Waals surface area (Å²) in [7, 11) is 0. The Balaban J connectivity index is 2.07. The molecule has 3 nitrogen and oxygen atoms in total. The Morgan fingerprint density at radius 1 is 1.77 bits per heavy atom. The fourth-order valence-electron chi connectivity index (χ4n) is 1.79. The summed E-state index contributed by atoms with van der Waals surface area (Å²) in [5, 5.41) is 0. The molecule has 3 atom stereocenters. The van der Waals surface area contributed by atoms with Crippen molar-refractivity contribution in [3.05, 3.63) is 18.2 Å². The van der Waals surface area contributed by atoms with E-state index in [-0.39, 0.29) is 6.04 Å². The van der Waals surface area contributed by atoms with Crippen LogP contribution in [0.1, 0.15) is 32.0 Å². The molecule has 1 aromatic heterocycles. The number of hydrogen-bond acceptors (Lipinski definition) is 2. The first kappa shape index (κ1) is 8.75. The van der Waals surface area contributed by atoms with Gasteiger partial charge in [0.1, 0.15) is 0 Å². The first-order valence-electron chi connectivity index (χ1n) is 4.99. The number of aromatic nitrogens is 2. The average Bonchev–Trinajstić information content (AvgIpc) is 2.70. The van der Waals surface area contributed by atoms with Crippen molar-refractivity contribution in [2.24, 2.45) is 17.6 Å². The van der Waals surface area contributed by atoms with Gasteiger partial charge in [-0.05, 0) is 25.2 Å². The third-order valence-corrected chi connectivity index (χ3v) is 2.99. The molecule has 1 fully saturated rings. The third kappa shape index (κ3) is 1.61. The van der Waals surface area contributed by atoms with Crippen LogP contribution in [0.3, 0.4) is 0 Å². The number of rotatable bonds is 3. The number of aryl methyl sites for hydroxylation is 1. The highest BCUT2D eigenvalue weighted by molar-refractivity contribution is 5.09. The van der Waals surface area contributed by atoms with E-state index in [1.807, 2.05) is 6.33 Å². The predicted molar refractivity (Wildman–Crippen MR) is 52.1 cm³/mol. The maximum atomic E-state index is 6.08. The third-order valence-electron chi connectivity index (χ3n) is 2.99. The van der Waals surface area contributed by atoms with Crippen LogP contribution in [-0.4, -0.2) is 9.55 Å². The summed E-state index contributed by atoms with van der Waals surface area (Å²) in [6, 6.07) is 0.155. The van der Waals surface area contributed by atoms with E-state index in [9.17, 15) is 0 Å². The fourth-order valence-corrected chi connectivity index (χ4v) is 1.79. The Bertz CT molecular complexity index is 292. The number of imidazole rings is 1. The van der Waals surface area contributed by atoms with Crippen molar-refractivity contribution in [1.82, 2.24) is 9.55 Å². The van der Waals surface area contributed by atoms with Crippen LogP contribution >= 0.6 is 0 Å². The molecule has 0 aromatic carbocycles. The van der Waals surface area contributed by atoms with Crippen molar-refractivity contribution in [3.63, 3.8) is 0 Å². The van der Waals surface area contributed by atoms with Gasteiger partial charge in [-0.15, -0.1) is 0 Å². The summed E-state index contributed by atoms with van der Waals surface area (Å²) in [6.45, 7) is 5.33. The fraction of sp³-hybridized carbons (Fsp3) is 0.700. The lowest BCUT2D eigenvalue weighted by atomic mass is 10.1. The van der Waals surface area contributed by atoms with Crippen LogP contribution in [0.4, 0.5) is 0 Å². The summed E-state index contributed by atoms with van der Waals surface area (Å²) in [5.41, 5.74) is 7.13. The van der Waals surface area contributed by atoms with Gasteiger partial charge in [-0.1, -0.05) is 6.92 Å². The molecule has 72 valence electrons. The molecule has 13 heavy (non-hydrogen) atoms. The minimum atomic E-state index is 0.155. The topological polar surface area (TPSA) is 43.8 Å². The van der Waals surface area contributed by atoms with E-state index < -0.39 is 0 Å². The van der Waals surface area contributed by atoms with E-state index in [2.05, 4.69) is 29.6 Å². The summed E-state index contributed by atoms with van der Waals surface area (Å²) >= 11 is 0. The van der Waals surface area contributed by atoms with Gasteiger partial charge >= 0.3 is 0 Å². The molecule has 0 bridgehead atoms. The zero-order valence-corrected chi connectivity index (χ0v) is 8.27. The molecule has 0 amide bonds. The normalized spacial score (nSPS) is 28.8. The van der Waals surface area contributed by atoms with Gasteiger partial charge in [0.2, 0.25) is 0 Å². The van der Waals surface area contributed by atoms with E-state index >= 15 is 0 Å². The molecule has 3 heteroatoms. The van der Waals surface area contributed by atoms with Crippen LogP contribution in [0.15, 0.2) is 12.5 Å². The lowest BCUT2D eigenvalue weighted by molar-refractivity contribution is 0.580. The lowest BCUT2D eigenvalue weighted by Crippen LogP contribution is -2.13. The van der Waals surface area contributed by atoms with Crippen LogP contribution in [0.2, 0.25) is 0 Å². The van der Waals surface area contributed by atoms with Crippen molar-refractivity contribution >= 4 is 0 Å². The Kier molecular flexibility index (Phi) is 2.12. The SMILES string of the molecule is CCn1cnc(C(N)C2CC2C)c1. The zero-order valence-electron chi connectivity index (χ0n) is 8.27. The van der Waals surface area contributed by atoms with Crippen LogP contribution < -0.4 is 5.73 Å². The summed E-state index contributed by atoms with van der Waals surface area (Å²) < 4.78 is 2.07. The van der Waals surface area contributed by atoms with Gasteiger partial charge in [-0.25, -0.2) is 4.98 Å². The quantitative estimate of drug-likeness (QED) is 0.765. The maximum absolute atomic E-state index is 6.08. The second-order valence-corrected chi connectivity index (χ2v) is 4.03. The van der Waals surface area contributed by atoms with E-state index in [0.29, 0.717) is 5.92 Å². The minimum Gasteiger partial charge on any atom is -0.337 e. The first-order valence-corrected chi connectivity index (χ1v) is 4.99. The molecule has 1 aliphatic rings. The van der Waals surface area contributed by atoms with Crippen molar-refractivity contribution in [2.75, 3.05) is 0 Å². The van der Waals surface area contributed by atoms with Gasteiger partial charge in [0.25, 0.3) is 0 Å². The molecule has 1 saturated carbocycles. The number of hydrogen-bond donors (Lipinski definition) is 1. The molecule has 1 heterocycles. The van der Waals surface area contributed by atoms with Crippen LogP contribution in [-0.2, 0) is 6.54 Å². The molecule has 0 radical (unpaired) electrons. The highest BCUT2D eigenvalue weighted by Crippen LogP contribution is 2.45. The van der Waals surface area contributed by atoms with Crippen molar-refractivity contribution < 1.29 is 0 Å². The van der Waals surface area contributed by atoms with Gasteiger partial charge in [0, 0.05) is 12.7 Å². The number of nitrogens with two attached hydrogens (primary N) is 1. The second-order valence-electron chi connectivity index (χ2n) is 4.03. The van der Waals surface area contributed by atoms with Gasteiger partial charge < -0.3 is 10.3 Å². The monoisotopic (exact) mass is 179 g/mol. The molecule has 2 N–H and O–H groups in total. The molecular weight excluding hydrogens is 162 g/mol. The standard InChI is InChI=1S/C10H17N3/c1-3-13-5-9(12-6-13)10(11)8-4-7(8)2/h5-8,10H,3-4,11H2,1-2H3. The maximum Gasteiger partial charge on any atom is 0.0950 e. The van der Waals surface area contributed by atoms with Crippen molar-refractivity contribution in [3.8, 4) is 0 Å². The minimum absolute atomic E-state index is 0.155. The second kappa shape index (κ2) is 3.14. The van der Waals surface area contributed by atoms with E-state index in [1.165, 1.54) is 6.42 Å².